The van der Waals surface area contributed by atoms with Gasteiger partial charge in [-0.05, 0) is 18.9 Å². The van der Waals surface area contributed by atoms with Crippen LogP contribution >= 0.6 is 11.8 Å². The van der Waals surface area contributed by atoms with E-state index in [2.05, 4.69) is 11.6 Å². The van der Waals surface area contributed by atoms with Crippen LogP contribution < -0.4 is 0 Å². The van der Waals surface area contributed by atoms with Crippen LogP contribution in [0.2, 0.25) is 0 Å². The SMILES string of the molecule is C=CCOC(=O)C1=C(C)N=C2S[C@@H](CC)C(=O)N2[C@H]1c1ccccc1. The number of thioether (sulfide) groups is 1. The summed E-state index contributed by atoms with van der Waals surface area (Å²) in [5.74, 6) is -0.478. The molecule has 1 aromatic rings. The van der Waals surface area contributed by atoms with E-state index in [-0.39, 0.29) is 17.8 Å². The van der Waals surface area contributed by atoms with Crippen LogP contribution in [0.5, 0.6) is 0 Å². The smallest absolute Gasteiger partial charge is 0.338 e. The van der Waals surface area contributed by atoms with Gasteiger partial charge in [-0.25, -0.2) is 9.79 Å². The fourth-order valence-corrected chi connectivity index (χ4v) is 4.15. The third-order valence-corrected chi connectivity index (χ3v) is 5.51. The van der Waals surface area contributed by atoms with E-state index in [0.717, 1.165) is 12.0 Å². The fourth-order valence-electron chi connectivity index (χ4n) is 3.01. The van der Waals surface area contributed by atoms with E-state index in [1.165, 1.54) is 17.8 Å². The Hall–Kier alpha value is -2.34. The molecule has 1 amide bonds. The quantitative estimate of drug-likeness (QED) is 0.599. The number of carbonyl (C=O) groups excluding carboxylic acids is 2. The molecule has 1 fully saturated rings. The van der Waals surface area contributed by atoms with Gasteiger partial charge in [-0.15, -0.1) is 0 Å². The van der Waals surface area contributed by atoms with Crippen molar-refractivity contribution in [3.8, 4) is 0 Å². The van der Waals surface area contributed by atoms with Crippen LogP contribution in [0.3, 0.4) is 0 Å². The summed E-state index contributed by atoms with van der Waals surface area (Å²) in [5, 5.41) is 0.491. The number of carbonyl (C=O) groups is 2. The van der Waals surface area contributed by atoms with Crippen molar-refractivity contribution in [2.45, 2.75) is 31.6 Å². The molecule has 0 aromatic heterocycles. The highest BCUT2D eigenvalue weighted by atomic mass is 32.2. The molecule has 0 unspecified atom stereocenters. The standard InChI is InChI=1S/C19H20N2O3S/c1-4-11-24-18(23)15-12(3)20-19-21(17(22)14(5-2)25-19)16(15)13-9-7-6-8-10-13/h4,6-10,14,16H,1,5,11H2,2-3H3/t14-,16-/m0/s1. The molecule has 1 aromatic carbocycles. The van der Waals surface area contributed by atoms with Gasteiger partial charge in [0.25, 0.3) is 0 Å². The van der Waals surface area contributed by atoms with Crippen LogP contribution in [-0.4, -0.2) is 33.8 Å². The minimum absolute atomic E-state index is 0.0124. The Morgan fingerprint density at radius 2 is 2.12 bits per heavy atom. The fraction of sp³-hybridized carbons (Fsp3) is 0.316. The number of amidine groups is 1. The number of nitrogens with zero attached hydrogens (tertiary/aromatic N) is 2. The Labute approximate surface area is 151 Å². The maximum absolute atomic E-state index is 12.9. The molecule has 3 rings (SSSR count). The maximum Gasteiger partial charge on any atom is 0.338 e. The largest absolute Gasteiger partial charge is 0.458 e. The van der Waals surface area contributed by atoms with E-state index in [4.69, 9.17) is 4.74 Å². The Morgan fingerprint density at radius 3 is 2.76 bits per heavy atom. The molecule has 25 heavy (non-hydrogen) atoms. The zero-order chi connectivity index (χ0) is 18.0. The van der Waals surface area contributed by atoms with Gasteiger partial charge in [-0.2, -0.15) is 0 Å². The molecule has 130 valence electrons. The molecule has 6 heteroatoms. The van der Waals surface area contributed by atoms with E-state index < -0.39 is 12.0 Å². The number of allylic oxidation sites excluding steroid dienone is 1. The second kappa shape index (κ2) is 7.27. The third kappa shape index (κ3) is 3.14. The van der Waals surface area contributed by atoms with Crippen molar-refractivity contribution in [2.24, 2.45) is 4.99 Å². The lowest BCUT2D eigenvalue weighted by molar-refractivity contribution is -0.139. The predicted molar refractivity (Wildman–Crippen MR) is 99.0 cm³/mol. The minimum Gasteiger partial charge on any atom is -0.458 e. The molecule has 2 aliphatic heterocycles. The van der Waals surface area contributed by atoms with Crippen molar-refractivity contribution in [1.82, 2.24) is 4.90 Å². The minimum atomic E-state index is -0.512. The number of rotatable bonds is 5. The molecular weight excluding hydrogens is 336 g/mol. The van der Waals surface area contributed by atoms with Crippen molar-refractivity contribution < 1.29 is 14.3 Å². The van der Waals surface area contributed by atoms with Gasteiger partial charge in [0.2, 0.25) is 5.91 Å². The Kier molecular flexibility index (Phi) is 5.08. The number of esters is 1. The molecule has 5 nitrogen and oxygen atoms in total. The average molecular weight is 356 g/mol. The van der Waals surface area contributed by atoms with E-state index in [1.54, 1.807) is 11.8 Å². The highest BCUT2D eigenvalue weighted by Gasteiger charge is 2.47. The van der Waals surface area contributed by atoms with Crippen LogP contribution in [0.4, 0.5) is 0 Å². The summed E-state index contributed by atoms with van der Waals surface area (Å²) in [7, 11) is 0. The highest BCUT2D eigenvalue weighted by Crippen LogP contribution is 2.43. The van der Waals surface area contributed by atoms with E-state index in [9.17, 15) is 9.59 Å². The lowest BCUT2D eigenvalue weighted by atomic mass is 9.94. The number of hydrogen-bond donors (Lipinski definition) is 0. The normalized spacial score (nSPS) is 22.6. The third-order valence-electron chi connectivity index (χ3n) is 4.19. The van der Waals surface area contributed by atoms with Crippen molar-refractivity contribution in [3.63, 3.8) is 0 Å². The van der Waals surface area contributed by atoms with Crippen LogP contribution in [0.25, 0.3) is 0 Å². The monoisotopic (exact) mass is 356 g/mol. The molecule has 2 heterocycles. The summed E-state index contributed by atoms with van der Waals surface area (Å²) in [6.07, 6.45) is 2.24. The van der Waals surface area contributed by atoms with Gasteiger partial charge >= 0.3 is 5.97 Å². The maximum atomic E-state index is 12.9. The van der Waals surface area contributed by atoms with Crippen LogP contribution in [0, 0.1) is 0 Å². The molecular formula is C19H20N2O3S. The van der Waals surface area contributed by atoms with Gasteiger partial charge in [0.15, 0.2) is 5.17 Å². The highest BCUT2D eigenvalue weighted by molar-refractivity contribution is 8.15. The Balaban J connectivity index is 2.09. The number of aliphatic imine (C=N–C) groups is 1. The van der Waals surface area contributed by atoms with Gasteiger partial charge in [-0.3, -0.25) is 9.69 Å². The van der Waals surface area contributed by atoms with E-state index >= 15 is 0 Å². The first-order valence-corrected chi connectivity index (χ1v) is 9.08. The van der Waals surface area contributed by atoms with Gasteiger partial charge in [0, 0.05) is 0 Å². The molecule has 2 atom stereocenters. The van der Waals surface area contributed by atoms with Crippen LogP contribution in [0.1, 0.15) is 31.9 Å². The zero-order valence-electron chi connectivity index (χ0n) is 14.3. The first-order valence-electron chi connectivity index (χ1n) is 8.20. The number of fused-ring (bicyclic) bond motifs is 1. The summed E-state index contributed by atoms with van der Waals surface area (Å²) in [6, 6.07) is 9.02. The molecule has 0 saturated carbocycles. The van der Waals surface area contributed by atoms with E-state index in [1.807, 2.05) is 37.3 Å². The van der Waals surface area contributed by atoms with Crippen molar-refractivity contribution in [1.29, 1.82) is 0 Å². The second-order valence-electron chi connectivity index (χ2n) is 5.82. The lowest BCUT2D eigenvalue weighted by Crippen LogP contribution is -2.40. The molecule has 0 aliphatic carbocycles. The van der Waals surface area contributed by atoms with Gasteiger partial charge in [0.05, 0.1) is 22.6 Å². The number of ether oxygens (including phenoxy) is 1. The van der Waals surface area contributed by atoms with Crippen molar-refractivity contribution in [3.05, 3.63) is 59.8 Å². The summed E-state index contributed by atoms with van der Waals surface area (Å²) in [4.78, 5) is 31.7. The Bertz CT molecular complexity index is 770. The Morgan fingerprint density at radius 1 is 1.40 bits per heavy atom. The molecule has 2 aliphatic rings. The topological polar surface area (TPSA) is 59.0 Å². The number of benzene rings is 1. The van der Waals surface area contributed by atoms with Gasteiger partial charge < -0.3 is 4.74 Å². The number of hydrogen-bond acceptors (Lipinski definition) is 5. The summed E-state index contributed by atoms with van der Waals surface area (Å²) < 4.78 is 5.26. The molecule has 0 spiro atoms. The number of amides is 1. The first-order chi connectivity index (χ1) is 12.1. The van der Waals surface area contributed by atoms with E-state index in [0.29, 0.717) is 16.4 Å². The molecule has 0 N–H and O–H groups in total. The van der Waals surface area contributed by atoms with Gasteiger partial charge in [0.1, 0.15) is 6.61 Å². The summed E-state index contributed by atoms with van der Waals surface area (Å²) >= 11 is 1.46. The molecule has 1 saturated heterocycles. The molecule has 0 bridgehead atoms. The van der Waals surface area contributed by atoms with Crippen LogP contribution in [-0.2, 0) is 14.3 Å². The predicted octanol–water partition coefficient (Wildman–Crippen LogP) is 3.45. The van der Waals surface area contributed by atoms with Gasteiger partial charge in [-0.1, -0.05) is 61.7 Å². The lowest BCUT2D eigenvalue weighted by Gasteiger charge is -2.33. The molecule has 0 radical (unpaired) electrons. The second-order valence-corrected chi connectivity index (χ2v) is 6.99. The average Bonchev–Trinajstić information content (AvgIpc) is 2.94. The van der Waals surface area contributed by atoms with Crippen LogP contribution in [0.15, 0.2) is 59.2 Å². The van der Waals surface area contributed by atoms with Crippen molar-refractivity contribution in [2.75, 3.05) is 6.61 Å². The summed E-state index contributed by atoms with van der Waals surface area (Å²) in [6.45, 7) is 7.46. The van der Waals surface area contributed by atoms with Crippen molar-refractivity contribution >= 4 is 28.8 Å². The summed E-state index contributed by atoms with van der Waals surface area (Å²) in [5.41, 5.74) is 1.86. The first kappa shape index (κ1) is 17.5. The zero-order valence-corrected chi connectivity index (χ0v) is 15.1.